The number of amides is 1. The predicted molar refractivity (Wildman–Crippen MR) is 146 cm³/mol. The van der Waals surface area contributed by atoms with Crippen LogP contribution in [-0.4, -0.2) is 68.1 Å². The van der Waals surface area contributed by atoms with Gasteiger partial charge in [-0.25, -0.2) is 19.3 Å². The van der Waals surface area contributed by atoms with Gasteiger partial charge in [0.1, 0.15) is 10.4 Å². The second kappa shape index (κ2) is 11.3. The van der Waals surface area contributed by atoms with Crippen LogP contribution in [0.5, 0.6) is 5.88 Å². The van der Waals surface area contributed by atoms with E-state index in [0.29, 0.717) is 19.8 Å². The number of ether oxygens (including phenoxy) is 2. The summed E-state index contributed by atoms with van der Waals surface area (Å²) in [5.74, 6) is 0.335. The fourth-order valence-corrected chi connectivity index (χ4v) is 6.06. The number of pyridine rings is 1. The van der Waals surface area contributed by atoms with E-state index in [9.17, 15) is 4.79 Å². The molecule has 2 aliphatic rings. The molecule has 0 saturated carbocycles. The zero-order valence-corrected chi connectivity index (χ0v) is 23.0. The highest BCUT2D eigenvalue weighted by Gasteiger charge is 2.55. The Hall–Kier alpha value is -3.56. The summed E-state index contributed by atoms with van der Waals surface area (Å²) in [4.78, 5) is 32.0. The Labute approximate surface area is 230 Å². The number of carbonyl (C=O) groups is 1. The number of morpholine rings is 1. The zero-order chi connectivity index (χ0) is 28.4. The Bertz CT molecular complexity index is 1350. The molecule has 0 aromatic carbocycles. The largest absolute Gasteiger partial charge is 0.463 e. The molecule has 0 spiro atoms. The molecule has 39 heavy (non-hydrogen) atoms. The van der Waals surface area contributed by atoms with Gasteiger partial charge in [0, 0.05) is 24.2 Å². The summed E-state index contributed by atoms with van der Waals surface area (Å²) in [6.45, 7) is 8.61. The maximum absolute atomic E-state index is 15.3. The highest BCUT2D eigenvalue weighted by Crippen LogP contribution is 2.51. The summed E-state index contributed by atoms with van der Waals surface area (Å²) in [6.07, 6.45) is 9.97. The van der Waals surface area contributed by atoms with Crippen LogP contribution in [0.3, 0.4) is 0 Å². The molecule has 4 rings (SSSR count). The lowest BCUT2D eigenvalue weighted by molar-refractivity contribution is -0.143. The molecule has 1 saturated heterocycles. The maximum Gasteiger partial charge on any atom is 0.239 e. The van der Waals surface area contributed by atoms with Crippen molar-refractivity contribution in [3.8, 4) is 18.2 Å². The molecule has 1 fully saturated rings. The van der Waals surface area contributed by atoms with E-state index in [1.54, 1.807) is 18.7 Å². The lowest BCUT2D eigenvalue weighted by Crippen LogP contribution is -2.60. The number of terminal acetylenes is 1. The first kappa shape index (κ1) is 28.4. The van der Waals surface area contributed by atoms with Gasteiger partial charge in [-0.15, -0.1) is 6.42 Å². The molecule has 206 valence electrons. The van der Waals surface area contributed by atoms with Gasteiger partial charge in [0.2, 0.25) is 17.7 Å². The molecule has 12 heteroatoms. The highest BCUT2D eigenvalue weighted by molar-refractivity contribution is 8.15. The van der Waals surface area contributed by atoms with Crippen molar-refractivity contribution in [2.75, 3.05) is 26.4 Å². The summed E-state index contributed by atoms with van der Waals surface area (Å²) in [5, 5.41) is 0.154. The van der Waals surface area contributed by atoms with Crippen LogP contribution < -0.4 is 10.5 Å². The van der Waals surface area contributed by atoms with Crippen LogP contribution in [0.1, 0.15) is 44.5 Å². The minimum Gasteiger partial charge on any atom is -0.463 e. The third kappa shape index (κ3) is 5.60. The van der Waals surface area contributed by atoms with E-state index >= 15 is 8.78 Å². The molecule has 4 heterocycles. The SMILES string of the molecule is C#CCOc1cnc(/C(F)=C/c2cnc(F)c([C@@]3(C)N=C(N)S[C@](C)(C(=O)N4CCOC[C@H]4C)C3C)c2)cn1. The third-order valence-electron chi connectivity index (χ3n) is 7.26. The molecule has 2 N–H and O–H groups in total. The molecule has 2 aromatic heterocycles. The number of rotatable bonds is 6. The van der Waals surface area contributed by atoms with Crippen LogP contribution >= 0.6 is 11.8 Å². The first-order chi connectivity index (χ1) is 18.5. The maximum atomic E-state index is 15.3. The highest BCUT2D eigenvalue weighted by atomic mass is 32.2. The van der Waals surface area contributed by atoms with E-state index in [4.69, 9.17) is 21.6 Å². The number of halogens is 2. The van der Waals surface area contributed by atoms with Crippen LogP contribution in [0.2, 0.25) is 0 Å². The third-order valence-corrected chi connectivity index (χ3v) is 8.51. The Balaban J connectivity index is 1.67. The van der Waals surface area contributed by atoms with Gasteiger partial charge in [0.15, 0.2) is 17.6 Å². The molecule has 1 amide bonds. The second-order valence-electron chi connectivity index (χ2n) is 9.78. The minimum atomic E-state index is -1.26. The Morgan fingerprint density at radius 3 is 2.77 bits per heavy atom. The smallest absolute Gasteiger partial charge is 0.239 e. The molecule has 4 atom stereocenters. The van der Waals surface area contributed by atoms with Crippen molar-refractivity contribution < 1.29 is 23.0 Å². The fraction of sp³-hybridized carbons (Fsp3) is 0.444. The van der Waals surface area contributed by atoms with Gasteiger partial charge in [-0.3, -0.25) is 9.79 Å². The normalized spacial score (nSPS) is 27.5. The quantitative estimate of drug-likeness (QED) is 0.425. The zero-order valence-electron chi connectivity index (χ0n) is 22.1. The fourth-order valence-electron chi connectivity index (χ4n) is 4.77. The monoisotopic (exact) mass is 556 g/mol. The standard InChI is InChI=1S/C27H30F2N6O3S/c1-6-8-38-22-14-31-21(13-32-22)20(28)11-18-10-19(23(29)33-12-18)26(4)17(3)27(5,39-25(30)34-26)24(36)35-7-9-37-15-16(35)2/h1,10-14,16-17H,7-9,15H2,2-5H3,(H2,30,34)/b20-11-/t16-,17?,26+,27+/m1/s1. The number of aromatic nitrogens is 3. The van der Waals surface area contributed by atoms with Crippen molar-refractivity contribution >= 4 is 34.7 Å². The lowest BCUT2D eigenvalue weighted by Gasteiger charge is -2.49. The van der Waals surface area contributed by atoms with Crippen molar-refractivity contribution in [1.82, 2.24) is 19.9 Å². The first-order valence-electron chi connectivity index (χ1n) is 12.3. The minimum absolute atomic E-state index is 0.00911. The number of hydrogen-bond donors (Lipinski definition) is 1. The molecule has 1 unspecified atom stereocenters. The van der Waals surface area contributed by atoms with E-state index in [0.717, 1.165) is 0 Å². The molecule has 2 aromatic rings. The van der Waals surface area contributed by atoms with Gasteiger partial charge < -0.3 is 20.1 Å². The summed E-state index contributed by atoms with van der Waals surface area (Å²) in [5.41, 5.74) is 5.29. The topological polar surface area (TPSA) is 116 Å². The molecule has 2 aliphatic heterocycles. The van der Waals surface area contributed by atoms with Crippen molar-refractivity contribution in [1.29, 1.82) is 0 Å². The molecule has 0 radical (unpaired) electrons. The average Bonchev–Trinajstić information content (AvgIpc) is 2.91. The summed E-state index contributed by atoms with van der Waals surface area (Å²) >= 11 is 1.17. The number of carbonyl (C=O) groups excluding carboxylic acids is 1. The van der Waals surface area contributed by atoms with Gasteiger partial charge in [-0.1, -0.05) is 24.6 Å². The predicted octanol–water partition coefficient (Wildman–Crippen LogP) is 3.41. The second-order valence-corrected chi connectivity index (χ2v) is 11.3. The Morgan fingerprint density at radius 2 is 2.10 bits per heavy atom. The van der Waals surface area contributed by atoms with Crippen LogP contribution in [0.15, 0.2) is 29.6 Å². The molecule has 9 nitrogen and oxygen atoms in total. The average molecular weight is 557 g/mol. The van der Waals surface area contributed by atoms with E-state index in [1.807, 2.05) is 13.8 Å². The summed E-state index contributed by atoms with van der Waals surface area (Å²) in [6, 6.07) is 1.35. The van der Waals surface area contributed by atoms with Gasteiger partial charge in [0.25, 0.3) is 0 Å². The van der Waals surface area contributed by atoms with Gasteiger partial charge in [-0.05, 0) is 38.5 Å². The van der Waals surface area contributed by atoms with Gasteiger partial charge in [0.05, 0.1) is 37.2 Å². The molecule has 0 aliphatic carbocycles. The number of amidine groups is 1. The number of aliphatic imine (C=N–C) groups is 1. The van der Waals surface area contributed by atoms with Crippen molar-refractivity contribution in [3.63, 3.8) is 0 Å². The van der Waals surface area contributed by atoms with Gasteiger partial charge >= 0.3 is 0 Å². The van der Waals surface area contributed by atoms with E-state index in [1.165, 1.54) is 42.5 Å². The van der Waals surface area contributed by atoms with E-state index in [2.05, 4.69) is 25.9 Å². The van der Waals surface area contributed by atoms with E-state index in [-0.39, 0.29) is 46.4 Å². The number of nitrogens with two attached hydrogens (primary N) is 1. The van der Waals surface area contributed by atoms with E-state index < -0.39 is 28.0 Å². The Kier molecular flexibility index (Phi) is 8.23. The van der Waals surface area contributed by atoms with Crippen molar-refractivity contribution in [2.45, 2.75) is 44.0 Å². The van der Waals surface area contributed by atoms with Gasteiger partial charge in [-0.2, -0.15) is 4.39 Å². The molecule has 0 bridgehead atoms. The van der Waals surface area contributed by atoms with Crippen LogP contribution in [-0.2, 0) is 15.1 Å². The van der Waals surface area contributed by atoms with Crippen LogP contribution in [0.25, 0.3) is 11.9 Å². The number of nitrogens with zero attached hydrogens (tertiary/aromatic N) is 5. The summed E-state index contributed by atoms with van der Waals surface area (Å²) in [7, 11) is 0. The first-order valence-corrected chi connectivity index (χ1v) is 13.2. The van der Waals surface area contributed by atoms with Crippen LogP contribution in [0, 0.1) is 24.2 Å². The lowest BCUT2D eigenvalue weighted by atomic mass is 9.73. The number of thioether (sulfide) groups is 1. The Morgan fingerprint density at radius 1 is 1.33 bits per heavy atom. The molecular weight excluding hydrogens is 526 g/mol. The number of hydrogen-bond acceptors (Lipinski definition) is 9. The summed E-state index contributed by atoms with van der Waals surface area (Å²) < 4.78 is 39.9. The van der Waals surface area contributed by atoms with Crippen LogP contribution in [0.4, 0.5) is 8.78 Å². The van der Waals surface area contributed by atoms with Crippen molar-refractivity contribution in [3.05, 3.63) is 47.4 Å². The molecular formula is C27H30F2N6O3S. The van der Waals surface area contributed by atoms with Crippen molar-refractivity contribution in [2.24, 2.45) is 16.6 Å².